The molecule has 1 aromatic heterocycles. The summed E-state index contributed by atoms with van der Waals surface area (Å²) in [5.41, 5.74) is 4.49. The Kier molecular flexibility index (Phi) is 5.64. The monoisotopic (exact) mass is 375 g/mol. The van der Waals surface area contributed by atoms with E-state index in [1.165, 1.54) is 13.3 Å². The minimum absolute atomic E-state index is 0.149. The first kappa shape index (κ1) is 19.0. The first-order valence-electron chi connectivity index (χ1n) is 8.76. The van der Waals surface area contributed by atoms with Gasteiger partial charge in [-0.15, -0.1) is 0 Å². The third-order valence-corrected chi connectivity index (χ3v) is 3.99. The second kappa shape index (κ2) is 8.30. The number of hydrogen-bond donors (Lipinski definition) is 3. The van der Waals surface area contributed by atoms with Crippen LogP contribution in [-0.4, -0.2) is 21.8 Å². The van der Waals surface area contributed by atoms with E-state index in [0.717, 1.165) is 22.5 Å². The molecular weight excluding hydrogens is 354 g/mol. The van der Waals surface area contributed by atoms with E-state index in [2.05, 4.69) is 25.9 Å². The number of nitrogens with one attached hydrogen (secondary N) is 3. The fourth-order valence-corrected chi connectivity index (χ4v) is 2.72. The van der Waals surface area contributed by atoms with Gasteiger partial charge < -0.3 is 16.0 Å². The first-order valence-corrected chi connectivity index (χ1v) is 8.76. The van der Waals surface area contributed by atoms with Gasteiger partial charge in [-0.25, -0.2) is 9.97 Å². The number of rotatable bonds is 5. The molecule has 3 aromatic rings. The molecule has 28 heavy (non-hydrogen) atoms. The van der Waals surface area contributed by atoms with Gasteiger partial charge in [0.05, 0.1) is 0 Å². The highest BCUT2D eigenvalue weighted by Crippen LogP contribution is 2.20. The molecule has 7 heteroatoms. The van der Waals surface area contributed by atoms with Crippen LogP contribution in [-0.2, 0) is 4.79 Å². The standard InChI is InChI=1S/C21H21N5O2/c1-13-7-8-18(14(2)9-13)26-21(28)19-11-20(23-12-22-19)25-17-6-4-5-16(10-17)24-15(3)27/h4-12H,1-3H3,(H,24,27)(H,26,28)(H,22,23,25). The highest BCUT2D eigenvalue weighted by atomic mass is 16.2. The van der Waals surface area contributed by atoms with Gasteiger partial charge in [0, 0.05) is 30.1 Å². The van der Waals surface area contributed by atoms with Crippen molar-refractivity contribution in [1.82, 2.24) is 9.97 Å². The van der Waals surface area contributed by atoms with Crippen LogP contribution in [0.4, 0.5) is 22.9 Å². The minimum atomic E-state index is -0.315. The zero-order chi connectivity index (χ0) is 20.1. The lowest BCUT2D eigenvalue weighted by atomic mass is 10.1. The molecule has 0 radical (unpaired) electrons. The van der Waals surface area contributed by atoms with Crippen molar-refractivity contribution in [2.24, 2.45) is 0 Å². The lowest BCUT2D eigenvalue weighted by molar-refractivity contribution is -0.114. The van der Waals surface area contributed by atoms with Gasteiger partial charge >= 0.3 is 0 Å². The maximum Gasteiger partial charge on any atom is 0.274 e. The zero-order valence-corrected chi connectivity index (χ0v) is 15.9. The summed E-state index contributed by atoms with van der Waals surface area (Å²) in [7, 11) is 0. The molecule has 1 heterocycles. The number of nitrogens with zero attached hydrogens (tertiary/aromatic N) is 2. The molecule has 3 N–H and O–H groups in total. The highest BCUT2D eigenvalue weighted by molar-refractivity contribution is 6.03. The maximum absolute atomic E-state index is 12.6. The molecule has 0 atom stereocenters. The van der Waals surface area contributed by atoms with E-state index in [0.29, 0.717) is 11.5 Å². The second-order valence-corrected chi connectivity index (χ2v) is 6.45. The summed E-state index contributed by atoms with van der Waals surface area (Å²) >= 11 is 0. The smallest absolute Gasteiger partial charge is 0.274 e. The van der Waals surface area contributed by atoms with Crippen molar-refractivity contribution in [3.05, 3.63) is 71.7 Å². The quantitative estimate of drug-likeness (QED) is 0.625. The van der Waals surface area contributed by atoms with Crippen molar-refractivity contribution >= 4 is 34.7 Å². The molecule has 2 amide bonds. The predicted molar refractivity (Wildman–Crippen MR) is 110 cm³/mol. The second-order valence-electron chi connectivity index (χ2n) is 6.45. The largest absolute Gasteiger partial charge is 0.340 e. The Labute approximate surface area is 163 Å². The number of carbonyl (C=O) groups is 2. The van der Waals surface area contributed by atoms with Crippen molar-refractivity contribution < 1.29 is 9.59 Å². The normalized spacial score (nSPS) is 10.2. The summed E-state index contributed by atoms with van der Waals surface area (Å²) in [6.07, 6.45) is 1.33. The van der Waals surface area contributed by atoms with Gasteiger partial charge in [-0.1, -0.05) is 23.8 Å². The van der Waals surface area contributed by atoms with Gasteiger partial charge in [0.15, 0.2) is 0 Å². The Morgan fingerprint density at radius 3 is 2.43 bits per heavy atom. The van der Waals surface area contributed by atoms with Crippen LogP contribution in [0.1, 0.15) is 28.5 Å². The van der Waals surface area contributed by atoms with Crippen molar-refractivity contribution in [2.45, 2.75) is 20.8 Å². The van der Waals surface area contributed by atoms with Gasteiger partial charge in [-0.2, -0.15) is 0 Å². The Balaban J connectivity index is 1.75. The summed E-state index contributed by atoms with van der Waals surface area (Å²) in [6, 6.07) is 14.6. The van der Waals surface area contributed by atoms with E-state index in [9.17, 15) is 9.59 Å². The third kappa shape index (κ3) is 4.91. The molecule has 0 aliphatic heterocycles. The molecule has 7 nitrogen and oxygen atoms in total. The lowest BCUT2D eigenvalue weighted by Crippen LogP contribution is -2.15. The summed E-state index contributed by atoms with van der Waals surface area (Å²) in [5, 5.41) is 8.71. The van der Waals surface area contributed by atoms with Crippen molar-refractivity contribution in [2.75, 3.05) is 16.0 Å². The molecule has 0 unspecified atom stereocenters. The van der Waals surface area contributed by atoms with E-state index in [1.54, 1.807) is 18.2 Å². The van der Waals surface area contributed by atoms with E-state index in [1.807, 2.05) is 44.2 Å². The van der Waals surface area contributed by atoms with Crippen LogP contribution in [0.15, 0.2) is 54.9 Å². The van der Waals surface area contributed by atoms with Crippen LogP contribution < -0.4 is 16.0 Å². The van der Waals surface area contributed by atoms with Gasteiger partial charge in [0.25, 0.3) is 5.91 Å². The van der Waals surface area contributed by atoms with Crippen LogP contribution in [0.25, 0.3) is 0 Å². The number of amides is 2. The number of aromatic nitrogens is 2. The Bertz CT molecular complexity index is 1030. The Hall–Kier alpha value is -3.74. The number of carbonyl (C=O) groups excluding carboxylic acids is 2. The Morgan fingerprint density at radius 1 is 0.893 bits per heavy atom. The minimum Gasteiger partial charge on any atom is -0.340 e. The van der Waals surface area contributed by atoms with Crippen molar-refractivity contribution in [1.29, 1.82) is 0 Å². The van der Waals surface area contributed by atoms with E-state index in [-0.39, 0.29) is 17.5 Å². The third-order valence-electron chi connectivity index (χ3n) is 3.99. The van der Waals surface area contributed by atoms with Gasteiger partial charge in [-0.05, 0) is 43.7 Å². The van der Waals surface area contributed by atoms with Crippen LogP contribution >= 0.6 is 0 Å². The fourth-order valence-electron chi connectivity index (χ4n) is 2.72. The van der Waals surface area contributed by atoms with Crippen LogP contribution in [0.5, 0.6) is 0 Å². The molecule has 0 aliphatic rings. The summed E-state index contributed by atoms with van der Waals surface area (Å²) in [5.74, 6) is 0.00898. The Morgan fingerprint density at radius 2 is 1.68 bits per heavy atom. The van der Waals surface area contributed by atoms with Crippen molar-refractivity contribution in [3.63, 3.8) is 0 Å². The van der Waals surface area contributed by atoms with Crippen molar-refractivity contribution in [3.8, 4) is 0 Å². The lowest BCUT2D eigenvalue weighted by Gasteiger charge is -2.10. The molecular formula is C21H21N5O2. The van der Waals surface area contributed by atoms with Gasteiger partial charge in [0.1, 0.15) is 17.8 Å². The number of benzene rings is 2. The summed E-state index contributed by atoms with van der Waals surface area (Å²) in [6.45, 7) is 5.39. The summed E-state index contributed by atoms with van der Waals surface area (Å²) < 4.78 is 0. The average Bonchev–Trinajstić information content (AvgIpc) is 2.64. The number of aryl methyl sites for hydroxylation is 2. The fraction of sp³-hybridized carbons (Fsp3) is 0.143. The van der Waals surface area contributed by atoms with Crippen LogP contribution in [0, 0.1) is 13.8 Å². The molecule has 142 valence electrons. The molecule has 0 spiro atoms. The molecule has 0 bridgehead atoms. The molecule has 0 saturated heterocycles. The number of anilines is 4. The van der Waals surface area contributed by atoms with Crippen LogP contribution in [0.2, 0.25) is 0 Å². The molecule has 2 aromatic carbocycles. The predicted octanol–water partition coefficient (Wildman–Crippen LogP) is 4.05. The first-order chi connectivity index (χ1) is 13.4. The molecule has 0 saturated carbocycles. The maximum atomic E-state index is 12.6. The van der Waals surface area contributed by atoms with E-state index >= 15 is 0 Å². The topological polar surface area (TPSA) is 96.0 Å². The van der Waals surface area contributed by atoms with Gasteiger partial charge in [-0.3, -0.25) is 9.59 Å². The SMILES string of the molecule is CC(=O)Nc1cccc(Nc2cc(C(=O)Nc3ccc(C)cc3C)ncn2)c1. The average molecular weight is 375 g/mol. The molecule has 0 aliphatic carbocycles. The molecule has 0 fully saturated rings. The highest BCUT2D eigenvalue weighted by Gasteiger charge is 2.11. The van der Waals surface area contributed by atoms with Crippen LogP contribution in [0.3, 0.4) is 0 Å². The van der Waals surface area contributed by atoms with Gasteiger partial charge in [0.2, 0.25) is 5.91 Å². The van der Waals surface area contributed by atoms with E-state index < -0.39 is 0 Å². The number of hydrogen-bond acceptors (Lipinski definition) is 5. The summed E-state index contributed by atoms with van der Waals surface area (Å²) in [4.78, 5) is 32.0. The zero-order valence-electron chi connectivity index (χ0n) is 15.9. The van der Waals surface area contributed by atoms with E-state index in [4.69, 9.17) is 0 Å². The molecule has 3 rings (SSSR count).